The van der Waals surface area contributed by atoms with Crippen molar-refractivity contribution in [2.75, 3.05) is 10.2 Å². The molecule has 2 amide bonds. The first-order valence-electron chi connectivity index (χ1n) is 8.12. The molecule has 0 saturated heterocycles. The number of ether oxygens (including phenoxy) is 1. The molecule has 2 aromatic rings. The number of rotatable bonds is 2. The first-order chi connectivity index (χ1) is 11.7. The van der Waals surface area contributed by atoms with Crippen LogP contribution in [0.3, 0.4) is 0 Å². The maximum absolute atomic E-state index is 12.6. The van der Waals surface area contributed by atoms with Crippen molar-refractivity contribution in [3.63, 3.8) is 0 Å². The zero-order valence-corrected chi connectivity index (χ0v) is 14.8. The molecule has 1 aliphatic rings. The van der Waals surface area contributed by atoms with E-state index >= 15 is 0 Å². The topological polar surface area (TPSA) is 71.5 Å². The lowest BCUT2D eigenvalue weighted by atomic mass is 10.1. The van der Waals surface area contributed by atoms with Gasteiger partial charge < -0.3 is 9.64 Å². The van der Waals surface area contributed by atoms with Gasteiger partial charge in [-0.1, -0.05) is 18.2 Å². The second kappa shape index (κ2) is 6.20. The summed E-state index contributed by atoms with van der Waals surface area (Å²) >= 11 is 0. The third kappa shape index (κ3) is 3.63. The number of carbonyl (C=O) groups is 2. The largest absolute Gasteiger partial charge is 0.444 e. The summed E-state index contributed by atoms with van der Waals surface area (Å²) in [5, 5.41) is 2.61. The van der Waals surface area contributed by atoms with Crippen molar-refractivity contribution in [1.82, 2.24) is 4.98 Å². The number of nitrogens with one attached hydrogen (secondary N) is 1. The smallest absolute Gasteiger partial charge is 0.413 e. The molecular weight excluding hydrogens is 318 g/mol. The van der Waals surface area contributed by atoms with E-state index < -0.39 is 11.7 Å². The highest BCUT2D eigenvalue weighted by atomic mass is 16.6. The number of anilines is 2. The average molecular weight is 339 g/mol. The molecule has 130 valence electrons. The molecule has 6 nitrogen and oxygen atoms in total. The zero-order chi connectivity index (χ0) is 18.2. The fourth-order valence-corrected chi connectivity index (χ4v) is 2.77. The predicted molar refractivity (Wildman–Crippen MR) is 95.8 cm³/mol. The molecule has 0 aliphatic carbocycles. The minimum absolute atomic E-state index is 0.0339. The van der Waals surface area contributed by atoms with E-state index in [0.717, 1.165) is 16.8 Å². The molecule has 0 spiro atoms. The Kier molecular flexibility index (Phi) is 4.20. The van der Waals surface area contributed by atoms with Crippen LogP contribution in [0.15, 0.2) is 36.4 Å². The highest BCUT2D eigenvalue weighted by Gasteiger charge is 2.29. The number of benzene rings is 1. The number of pyridine rings is 1. The van der Waals surface area contributed by atoms with Gasteiger partial charge in [0.15, 0.2) is 0 Å². The van der Waals surface area contributed by atoms with Crippen LogP contribution >= 0.6 is 0 Å². The van der Waals surface area contributed by atoms with Gasteiger partial charge in [0.1, 0.15) is 11.4 Å². The third-order valence-corrected chi connectivity index (χ3v) is 3.80. The monoisotopic (exact) mass is 339 g/mol. The van der Waals surface area contributed by atoms with Gasteiger partial charge in [0.25, 0.3) is 5.91 Å². The van der Waals surface area contributed by atoms with Crippen LogP contribution in [0.1, 0.15) is 42.4 Å². The lowest BCUT2D eigenvalue weighted by Gasteiger charge is -2.20. The summed E-state index contributed by atoms with van der Waals surface area (Å²) in [6, 6.07) is 11.0. The first-order valence-corrected chi connectivity index (χ1v) is 8.12. The number of aromatic nitrogens is 1. The second-order valence-electron chi connectivity index (χ2n) is 6.98. The molecule has 6 heteroatoms. The summed E-state index contributed by atoms with van der Waals surface area (Å²) in [6.07, 6.45) is -0.559. The quantitative estimate of drug-likeness (QED) is 0.901. The standard InChI is InChI=1S/C19H21N3O3/c1-12-15(22-11-13-7-5-6-8-14(13)17(22)23)9-10-16(20-12)21-18(24)25-19(2,3)4/h5-10H,11H2,1-4H3,(H,20,21,24). The molecule has 0 radical (unpaired) electrons. The van der Waals surface area contributed by atoms with Crippen molar-refractivity contribution in [3.8, 4) is 0 Å². The van der Waals surface area contributed by atoms with Gasteiger partial charge in [-0.05, 0) is 51.5 Å². The van der Waals surface area contributed by atoms with Crippen molar-refractivity contribution >= 4 is 23.5 Å². The van der Waals surface area contributed by atoms with Crippen LogP contribution in [0.2, 0.25) is 0 Å². The van der Waals surface area contributed by atoms with Crippen molar-refractivity contribution in [2.24, 2.45) is 0 Å². The summed E-state index contributed by atoms with van der Waals surface area (Å²) in [5.41, 5.74) is 2.54. The van der Waals surface area contributed by atoms with Crippen LogP contribution < -0.4 is 10.2 Å². The number of fused-ring (bicyclic) bond motifs is 1. The maximum Gasteiger partial charge on any atom is 0.413 e. The number of amides is 2. The molecule has 0 bridgehead atoms. The van der Waals surface area contributed by atoms with E-state index in [0.29, 0.717) is 18.1 Å². The van der Waals surface area contributed by atoms with Gasteiger partial charge in [-0.25, -0.2) is 9.78 Å². The molecule has 1 aromatic carbocycles. The minimum atomic E-state index is -0.577. The SMILES string of the molecule is Cc1nc(NC(=O)OC(C)(C)C)ccc1N1Cc2ccccc2C1=O. The van der Waals surface area contributed by atoms with E-state index in [1.807, 2.05) is 31.2 Å². The summed E-state index contributed by atoms with van der Waals surface area (Å²) in [7, 11) is 0. The fourth-order valence-electron chi connectivity index (χ4n) is 2.77. The molecule has 0 fully saturated rings. The molecular formula is C19H21N3O3. The van der Waals surface area contributed by atoms with Gasteiger partial charge in [0.05, 0.1) is 17.9 Å². The van der Waals surface area contributed by atoms with E-state index in [4.69, 9.17) is 4.74 Å². The van der Waals surface area contributed by atoms with Crippen LogP contribution in [0.25, 0.3) is 0 Å². The van der Waals surface area contributed by atoms with E-state index in [2.05, 4.69) is 10.3 Å². The van der Waals surface area contributed by atoms with E-state index in [1.54, 1.807) is 37.8 Å². The molecule has 0 unspecified atom stereocenters. The summed E-state index contributed by atoms with van der Waals surface area (Å²) < 4.78 is 5.22. The molecule has 25 heavy (non-hydrogen) atoms. The van der Waals surface area contributed by atoms with Crippen molar-refractivity contribution < 1.29 is 14.3 Å². The Bertz CT molecular complexity index is 840. The normalized spacial score (nSPS) is 13.6. The third-order valence-electron chi connectivity index (χ3n) is 3.80. The second-order valence-corrected chi connectivity index (χ2v) is 6.98. The lowest BCUT2D eigenvalue weighted by Crippen LogP contribution is -2.28. The lowest BCUT2D eigenvalue weighted by molar-refractivity contribution is 0.0635. The first kappa shape index (κ1) is 17.0. The maximum atomic E-state index is 12.6. The Morgan fingerprint density at radius 3 is 2.56 bits per heavy atom. The van der Waals surface area contributed by atoms with Gasteiger partial charge in [-0.15, -0.1) is 0 Å². The van der Waals surface area contributed by atoms with Crippen LogP contribution in [0, 0.1) is 6.92 Å². The minimum Gasteiger partial charge on any atom is -0.444 e. The van der Waals surface area contributed by atoms with Gasteiger partial charge in [-0.3, -0.25) is 10.1 Å². The number of hydrogen-bond acceptors (Lipinski definition) is 4. The van der Waals surface area contributed by atoms with Crippen LogP contribution in [0.5, 0.6) is 0 Å². The highest BCUT2D eigenvalue weighted by molar-refractivity contribution is 6.10. The van der Waals surface area contributed by atoms with Crippen molar-refractivity contribution in [3.05, 3.63) is 53.2 Å². The Morgan fingerprint density at radius 1 is 1.20 bits per heavy atom. The van der Waals surface area contributed by atoms with E-state index in [9.17, 15) is 9.59 Å². The van der Waals surface area contributed by atoms with Crippen molar-refractivity contribution in [2.45, 2.75) is 39.8 Å². The number of nitrogens with zero attached hydrogens (tertiary/aromatic N) is 2. The average Bonchev–Trinajstić information content (AvgIpc) is 2.83. The summed E-state index contributed by atoms with van der Waals surface area (Å²) in [6.45, 7) is 7.73. The molecule has 2 heterocycles. The van der Waals surface area contributed by atoms with Crippen LogP contribution in [-0.2, 0) is 11.3 Å². The van der Waals surface area contributed by atoms with Gasteiger partial charge in [0, 0.05) is 5.56 Å². The molecule has 1 N–H and O–H groups in total. The fraction of sp³-hybridized carbons (Fsp3) is 0.316. The Labute approximate surface area is 146 Å². The van der Waals surface area contributed by atoms with Gasteiger partial charge >= 0.3 is 6.09 Å². The van der Waals surface area contributed by atoms with Gasteiger partial charge in [0.2, 0.25) is 0 Å². The number of carbonyl (C=O) groups excluding carboxylic acids is 2. The molecule has 3 rings (SSSR count). The zero-order valence-electron chi connectivity index (χ0n) is 14.8. The number of aryl methyl sites for hydroxylation is 1. The Morgan fingerprint density at radius 2 is 1.92 bits per heavy atom. The molecule has 1 aromatic heterocycles. The summed E-state index contributed by atoms with van der Waals surface area (Å²) in [5.74, 6) is 0.355. The van der Waals surface area contributed by atoms with Gasteiger partial charge in [-0.2, -0.15) is 0 Å². The Balaban J connectivity index is 1.78. The highest BCUT2D eigenvalue weighted by Crippen LogP contribution is 2.30. The number of hydrogen-bond donors (Lipinski definition) is 1. The van der Waals surface area contributed by atoms with Crippen LogP contribution in [0.4, 0.5) is 16.3 Å². The van der Waals surface area contributed by atoms with Crippen molar-refractivity contribution in [1.29, 1.82) is 0 Å². The predicted octanol–water partition coefficient (Wildman–Crippen LogP) is 3.90. The van der Waals surface area contributed by atoms with Crippen LogP contribution in [-0.4, -0.2) is 22.6 Å². The molecule has 0 atom stereocenters. The van der Waals surface area contributed by atoms with E-state index in [-0.39, 0.29) is 5.91 Å². The Hall–Kier alpha value is -2.89. The van der Waals surface area contributed by atoms with E-state index in [1.165, 1.54) is 0 Å². The summed E-state index contributed by atoms with van der Waals surface area (Å²) in [4.78, 5) is 30.5. The molecule has 0 saturated carbocycles. The molecule has 1 aliphatic heterocycles.